The maximum Gasteiger partial charge on any atom is 0.223 e. The van der Waals surface area contributed by atoms with Gasteiger partial charge in [0.1, 0.15) is 0 Å². The molecule has 2 nitrogen and oxygen atoms in total. The summed E-state index contributed by atoms with van der Waals surface area (Å²) in [6.07, 6.45) is 1.54. The first kappa shape index (κ1) is 19.8. The molecule has 29 heavy (non-hydrogen) atoms. The molecule has 3 heteroatoms. The van der Waals surface area contributed by atoms with Gasteiger partial charge >= 0.3 is 0 Å². The second kappa shape index (κ2) is 9.80. The van der Waals surface area contributed by atoms with Crippen molar-refractivity contribution in [3.63, 3.8) is 0 Å². The fraction of sp³-hybridized carbons (Fsp3) is 0.269. The van der Waals surface area contributed by atoms with Gasteiger partial charge in [-0.25, -0.2) is 0 Å². The molecule has 0 N–H and O–H groups in total. The Kier molecular flexibility index (Phi) is 6.68. The third kappa shape index (κ3) is 5.10. The summed E-state index contributed by atoms with van der Waals surface area (Å²) in [4.78, 5) is 15.3. The van der Waals surface area contributed by atoms with Crippen molar-refractivity contribution >= 4 is 17.7 Å². The van der Waals surface area contributed by atoms with E-state index in [-0.39, 0.29) is 11.8 Å². The van der Waals surface area contributed by atoms with E-state index >= 15 is 0 Å². The number of hydrogen-bond acceptors (Lipinski definition) is 2. The minimum absolute atomic E-state index is 0.103. The van der Waals surface area contributed by atoms with Crippen molar-refractivity contribution < 1.29 is 4.79 Å². The molecule has 0 aromatic heterocycles. The molecule has 0 aliphatic carbocycles. The van der Waals surface area contributed by atoms with Crippen molar-refractivity contribution in [1.82, 2.24) is 4.90 Å². The van der Waals surface area contributed by atoms with Crippen LogP contribution in [-0.4, -0.2) is 29.6 Å². The molecule has 0 radical (unpaired) electrons. The van der Waals surface area contributed by atoms with Crippen molar-refractivity contribution in [2.24, 2.45) is 0 Å². The Hall–Kier alpha value is -2.52. The van der Waals surface area contributed by atoms with E-state index in [2.05, 4.69) is 83.8 Å². The molecule has 0 saturated carbocycles. The minimum Gasteiger partial charge on any atom is -0.342 e. The van der Waals surface area contributed by atoms with Crippen LogP contribution in [0.4, 0.5) is 0 Å². The van der Waals surface area contributed by atoms with Crippen molar-refractivity contribution in [1.29, 1.82) is 0 Å². The van der Waals surface area contributed by atoms with Crippen LogP contribution in [0.25, 0.3) is 0 Å². The van der Waals surface area contributed by atoms with Gasteiger partial charge in [0.2, 0.25) is 5.91 Å². The monoisotopic (exact) mass is 401 g/mol. The van der Waals surface area contributed by atoms with Crippen molar-refractivity contribution in [3.8, 4) is 0 Å². The Balaban J connectivity index is 1.46. The SMILES string of the molecule is O=C(CC(c1ccccc1)c1ccccc1)N1CCS[C@H](c2ccccc2)CC1. The quantitative estimate of drug-likeness (QED) is 0.529. The zero-order valence-electron chi connectivity index (χ0n) is 16.6. The number of thioether (sulfide) groups is 1. The number of benzene rings is 3. The number of carbonyl (C=O) groups excluding carboxylic acids is 1. The molecule has 1 aliphatic rings. The van der Waals surface area contributed by atoms with Gasteiger partial charge in [0.05, 0.1) is 0 Å². The van der Waals surface area contributed by atoms with Gasteiger partial charge in [0.15, 0.2) is 0 Å². The lowest BCUT2D eigenvalue weighted by molar-refractivity contribution is -0.131. The lowest BCUT2D eigenvalue weighted by atomic mass is 9.88. The maximum atomic E-state index is 13.3. The molecule has 0 unspecified atom stereocenters. The van der Waals surface area contributed by atoms with Gasteiger partial charge in [-0.15, -0.1) is 0 Å². The van der Waals surface area contributed by atoms with Gasteiger partial charge in [-0.3, -0.25) is 4.79 Å². The molecule has 1 heterocycles. The Morgan fingerprint density at radius 3 is 1.97 bits per heavy atom. The first-order valence-electron chi connectivity index (χ1n) is 10.4. The van der Waals surface area contributed by atoms with Crippen LogP contribution in [-0.2, 0) is 4.79 Å². The first-order chi connectivity index (χ1) is 14.3. The molecular formula is C26H27NOS. The molecule has 0 bridgehead atoms. The third-order valence-electron chi connectivity index (χ3n) is 5.65. The second-order valence-electron chi connectivity index (χ2n) is 7.52. The Morgan fingerprint density at radius 1 is 0.828 bits per heavy atom. The zero-order valence-corrected chi connectivity index (χ0v) is 17.4. The highest BCUT2D eigenvalue weighted by Gasteiger charge is 2.25. The van der Waals surface area contributed by atoms with Crippen LogP contribution in [0.2, 0.25) is 0 Å². The van der Waals surface area contributed by atoms with Crippen molar-refractivity contribution in [2.75, 3.05) is 18.8 Å². The molecule has 1 aliphatic heterocycles. The van der Waals surface area contributed by atoms with Gasteiger partial charge in [-0.2, -0.15) is 11.8 Å². The van der Waals surface area contributed by atoms with E-state index in [4.69, 9.17) is 0 Å². The van der Waals surface area contributed by atoms with Crippen LogP contribution in [0.5, 0.6) is 0 Å². The Bertz CT molecular complexity index is 858. The van der Waals surface area contributed by atoms with Crippen LogP contribution in [0.3, 0.4) is 0 Å². The van der Waals surface area contributed by atoms with Gasteiger partial charge in [-0.1, -0.05) is 91.0 Å². The molecule has 4 rings (SSSR count). The van der Waals surface area contributed by atoms with E-state index in [1.807, 2.05) is 23.9 Å². The third-order valence-corrected chi connectivity index (χ3v) is 6.98. The Labute approximate surface area is 178 Å². The number of amides is 1. The molecule has 1 atom stereocenters. The van der Waals surface area contributed by atoms with Crippen molar-refractivity contribution in [2.45, 2.75) is 24.0 Å². The summed E-state index contributed by atoms with van der Waals surface area (Å²) >= 11 is 1.98. The number of nitrogens with zero attached hydrogens (tertiary/aromatic N) is 1. The standard InChI is InChI=1S/C26H27NOS/c28-26(27-17-16-25(29-19-18-27)23-14-8-3-9-15-23)20-24(21-10-4-1-5-11-21)22-12-6-2-7-13-22/h1-15,24-25H,16-20H2/t25-/m0/s1. The highest BCUT2D eigenvalue weighted by atomic mass is 32.2. The summed E-state index contributed by atoms with van der Waals surface area (Å²) in [5.41, 5.74) is 3.79. The molecule has 1 fully saturated rings. The number of rotatable bonds is 5. The fourth-order valence-corrected chi connectivity index (χ4v) is 5.29. The van der Waals surface area contributed by atoms with Crippen molar-refractivity contribution in [3.05, 3.63) is 108 Å². The largest absolute Gasteiger partial charge is 0.342 e. The smallest absolute Gasteiger partial charge is 0.223 e. The van der Waals surface area contributed by atoms with Gasteiger partial charge in [0, 0.05) is 36.4 Å². The highest BCUT2D eigenvalue weighted by Crippen LogP contribution is 2.35. The van der Waals surface area contributed by atoms with E-state index in [0.717, 1.165) is 25.3 Å². The van der Waals surface area contributed by atoms with Crippen LogP contribution >= 0.6 is 11.8 Å². The van der Waals surface area contributed by atoms with E-state index in [0.29, 0.717) is 11.7 Å². The van der Waals surface area contributed by atoms with E-state index < -0.39 is 0 Å². The average molecular weight is 402 g/mol. The predicted molar refractivity (Wildman–Crippen MR) is 122 cm³/mol. The number of carbonyl (C=O) groups is 1. The second-order valence-corrected chi connectivity index (χ2v) is 8.83. The van der Waals surface area contributed by atoms with Crippen LogP contribution < -0.4 is 0 Å². The van der Waals surface area contributed by atoms with E-state index in [1.54, 1.807) is 0 Å². The molecule has 1 amide bonds. The number of hydrogen-bond donors (Lipinski definition) is 0. The summed E-state index contributed by atoms with van der Waals surface area (Å²) in [6, 6.07) is 31.5. The zero-order chi connectivity index (χ0) is 19.9. The molecule has 0 spiro atoms. The summed E-state index contributed by atoms with van der Waals surface area (Å²) in [5.74, 6) is 1.36. The van der Waals surface area contributed by atoms with E-state index in [9.17, 15) is 4.79 Å². The van der Waals surface area contributed by atoms with Crippen LogP contribution in [0, 0.1) is 0 Å². The van der Waals surface area contributed by atoms with Gasteiger partial charge in [0.25, 0.3) is 0 Å². The molecule has 3 aromatic rings. The lowest BCUT2D eigenvalue weighted by Gasteiger charge is -2.24. The van der Waals surface area contributed by atoms with E-state index in [1.165, 1.54) is 16.7 Å². The van der Waals surface area contributed by atoms with Crippen LogP contribution in [0.1, 0.15) is 40.7 Å². The molecule has 148 valence electrons. The predicted octanol–water partition coefficient (Wildman–Crippen LogP) is 5.92. The average Bonchev–Trinajstić information content (AvgIpc) is 3.06. The fourth-order valence-electron chi connectivity index (χ4n) is 4.06. The summed E-state index contributed by atoms with van der Waals surface area (Å²) in [5, 5.41) is 0.480. The molecular weight excluding hydrogens is 374 g/mol. The maximum absolute atomic E-state index is 13.3. The Morgan fingerprint density at radius 2 is 1.38 bits per heavy atom. The van der Waals surface area contributed by atoms with Gasteiger partial charge < -0.3 is 4.90 Å². The normalized spacial score (nSPS) is 17.1. The molecule has 1 saturated heterocycles. The first-order valence-corrected chi connectivity index (χ1v) is 11.4. The topological polar surface area (TPSA) is 20.3 Å². The highest BCUT2D eigenvalue weighted by molar-refractivity contribution is 7.99. The summed E-state index contributed by atoms with van der Waals surface area (Å²) < 4.78 is 0. The molecule has 3 aromatic carbocycles. The van der Waals surface area contributed by atoms with Crippen LogP contribution in [0.15, 0.2) is 91.0 Å². The minimum atomic E-state index is 0.103. The lowest BCUT2D eigenvalue weighted by Crippen LogP contribution is -2.34. The summed E-state index contributed by atoms with van der Waals surface area (Å²) in [7, 11) is 0. The summed E-state index contributed by atoms with van der Waals surface area (Å²) in [6.45, 7) is 1.67. The van der Waals surface area contributed by atoms with Gasteiger partial charge in [-0.05, 0) is 23.1 Å².